The van der Waals surface area contributed by atoms with Crippen molar-refractivity contribution >= 4 is 15.6 Å². The Bertz CT molecular complexity index is 1040. The summed E-state index contributed by atoms with van der Waals surface area (Å²) in [6, 6.07) is 10.1. The van der Waals surface area contributed by atoms with E-state index in [-0.39, 0.29) is 0 Å². The van der Waals surface area contributed by atoms with Crippen LogP contribution in [0, 0.1) is 0 Å². The highest BCUT2D eigenvalue weighted by molar-refractivity contribution is 7.91. The topological polar surface area (TPSA) is 99.7 Å². The van der Waals surface area contributed by atoms with Gasteiger partial charge in [-0.25, -0.2) is 9.35 Å². The standard InChI is InChI=1S/C23H30N4O2S/c24-30(29,18-11-9-15(10-12-18)21-8-3-13-25-21)27-23(28)26-22-19-6-1-4-16(19)14-17-5-2-7-20(17)22/h9-12,14,21,23,25-26,28H,1-8,13H2,(H2,24,27,29). The summed E-state index contributed by atoms with van der Waals surface area (Å²) in [7, 11) is -3.21. The largest absolute Gasteiger partial charge is 0.355 e. The minimum absolute atomic E-state index is 0.347. The summed E-state index contributed by atoms with van der Waals surface area (Å²) in [5, 5.41) is 23.3. The Morgan fingerprint density at radius 3 is 2.33 bits per heavy atom. The lowest BCUT2D eigenvalue weighted by Gasteiger charge is -2.19. The number of aryl methyl sites for hydroxylation is 2. The molecule has 1 saturated heterocycles. The summed E-state index contributed by atoms with van der Waals surface area (Å²) in [5.41, 5.74) is 7.46. The molecule has 2 aliphatic carbocycles. The summed E-state index contributed by atoms with van der Waals surface area (Å²) >= 11 is 0. The van der Waals surface area contributed by atoms with Crippen LogP contribution in [0.4, 0.5) is 5.69 Å². The van der Waals surface area contributed by atoms with Crippen LogP contribution < -0.4 is 15.8 Å². The van der Waals surface area contributed by atoms with E-state index in [9.17, 15) is 9.32 Å². The summed E-state index contributed by atoms with van der Waals surface area (Å²) < 4.78 is 17.2. The maximum absolute atomic E-state index is 13.1. The van der Waals surface area contributed by atoms with Crippen LogP contribution in [0.15, 0.2) is 39.6 Å². The fourth-order valence-electron chi connectivity index (χ4n) is 5.22. The molecule has 30 heavy (non-hydrogen) atoms. The second-order valence-corrected chi connectivity index (χ2v) is 10.5. The molecular weight excluding hydrogens is 396 g/mol. The number of hydrogen-bond donors (Lipinski definition) is 4. The summed E-state index contributed by atoms with van der Waals surface area (Å²) in [5.74, 6) is 0. The Labute approximate surface area is 178 Å². The van der Waals surface area contributed by atoms with E-state index in [0.29, 0.717) is 10.9 Å². The third-order valence-corrected chi connectivity index (χ3v) is 8.14. The number of nitrogens with two attached hydrogens (primary N) is 1. The minimum atomic E-state index is -3.21. The van der Waals surface area contributed by atoms with E-state index in [1.54, 1.807) is 12.1 Å². The Hall–Kier alpha value is -1.93. The molecular formula is C23H30N4O2S. The predicted molar refractivity (Wildman–Crippen MR) is 120 cm³/mol. The number of fused-ring (bicyclic) bond motifs is 2. The second-order valence-electron chi connectivity index (χ2n) is 8.64. The van der Waals surface area contributed by atoms with Crippen LogP contribution >= 0.6 is 0 Å². The molecule has 0 spiro atoms. The van der Waals surface area contributed by atoms with Gasteiger partial charge in [-0.3, -0.25) is 0 Å². The Balaban J connectivity index is 1.39. The first-order chi connectivity index (χ1) is 14.5. The lowest BCUT2D eigenvalue weighted by Crippen LogP contribution is -2.24. The molecule has 2 aromatic rings. The maximum atomic E-state index is 13.1. The molecule has 0 bridgehead atoms. The van der Waals surface area contributed by atoms with Gasteiger partial charge < -0.3 is 15.7 Å². The molecule has 1 heterocycles. The van der Waals surface area contributed by atoms with Gasteiger partial charge in [0, 0.05) is 11.7 Å². The summed E-state index contributed by atoms with van der Waals surface area (Å²) in [6.45, 7) is 1.03. The number of hydrogen-bond acceptors (Lipinski definition) is 5. The first-order valence-corrected chi connectivity index (χ1v) is 12.6. The highest BCUT2D eigenvalue weighted by Gasteiger charge is 2.25. The van der Waals surface area contributed by atoms with Crippen LogP contribution in [-0.4, -0.2) is 22.2 Å². The molecule has 2 aromatic carbocycles. The fourth-order valence-corrected chi connectivity index (χ4v) is 6.22. The SMILES string of the molecule is NS(=O)(=NC(O)Nc1c2c(cc3c1CCC3)CCC2)c1ccc(C2CCCN2)cc1. The number of anilines is 1. The molecule has 1 fully saturated rings. The Morgan fingerprint density at radius 1 is 1.07 bits per heavy atom. The van der Waals surface area contributed by atoms with Gasteiger partial charge in [0.05, 0.1) is 4.90 Å². The zero-order valence-corrected chi connectivity index (χ0v) is 18.0. The van der Waals surface area contributed by atoms with Crippen molar-refractivity contribution in [1.29, 1.82) is 0 Å². The minimum Gasteiger partial charge on any atom is -0.355 e. The zero-order chi connectivity index (χ0) is 20.7. The van der Waals surface area contributed by atoms with Crippen molar-refractivity contribution in [1.82, 2.24) is 5.32 Å². The van der Waals surface area contributed by atoms with Gasteiger partial charge in [-0.05, 0) is 97.9 Å². The van der Waals surface area contributed by atoms with E-state index in [1.165, 1.54) is 34.2 Å². The molecule has 3 atom stereocenters. The zero-order valence-electron chi connectivity index (χ0n) is 17.2. The Morgan fingerprint density at radius 2 is 1.73 bits per heavy atom. The van der Waals surface area contributed by atoms with Crippen LogP contribution in [0.1, 0.15) is 59.5 Å². The number of aliphatic hydroxyl groups is 1. The van der Waals surface area contributed by atoms with Crippen LogP contribution in [0.25, 0.3) is 0 Å². The lowest BCUT2D eigenvalue weighted by atomic mass is 9.99. The molecule has 0 saturated carbocycles. The normalized spacial score (nSPS) is 22.9. The highest BCUT2D eigenvalue weighted by Crippen LogP contribution is 2.39. The molecule has 0 amide bonds. The average Bonchev–Trinajstić information content (AvgIpc) is 3.48. The van der Waals surface area contributed by atoms with Crippen LogP contribution in [-0.2, 0) is 35.6 Å². The van der Waals surface area contributed by atoms with Gasteiger partial charge in [-0.2, -0.15) is 4.36 Å². The van der Waals surface area contributed by atoms with Crippen LogP contribution in [0.2, 0.25) is 0 Å². The molecule has 5 N–H and O–H groups in total. The number of nitrogens with one attached hydrogen (secondary N) is 2. The highest BCUT2D eigenvalue weighted by atomic mass is 32.2. The van der Waals surface area contributed by atoms with Crippen molar-refractivity contribution < 1.29 is 9.32 Å². The molecule has 3 unspecified atom stereocenters. The molecule has 3 aliphatic rings. The van der Waals surface area contributed by atoms with Crippen LogP contribution in [0.5, 0.6) is 0 Å². The third-order valence-electron chi connectivity index (χ3n) is 6.68. The molecule has 1 aliphatic heterocycles. The fraction of sp³-hybridized carbons (Fsp3) is 0.478. The van der Waals surface area contributed by atoms with Crippen molar-refractivity contribution in [3.63, 3.8) is 0 Å². The van der Waals surface area contributed by atoms with E-state index < -0.39 is 16.3 Å². The van der Waals surface area contributed by atoms with Crippen molar-refractivity contribution in [3.8, 4) is 0 Å². The number of aliphatic hydroxyl groups excluding tert-OH is 1. The molecule has 6 nitrogen and oxygen atoms in total. The first kappa shape index (κ1) is 20.0. The van der Waals surface area contributed by atoms with Crippen molar-refractivity contribution in [3.05, 3.63) is 58.1 Å². The van der Waals surface area contributed by atoms with E-state index in [0.717, 1.165) is 57.2 Å². The van der Waals surface area contributed by atoms with Gasteiger partial charge in [-0.15, -0.1) is 0 Å². The lowest BCUT2D eigenvalue weighted by molar-refractivity contribution is 0.216. The third kappa shape index (κ3) is 3.75. The molecule has 0 aromatic heterocycles. The van der Waals surface area contributed by atoms with E-state index in [4.69, 9.17) is 5.14 Å². The summed E-state index contributed by atoms with van der Waals surface area (Å²) in [4.78, 5) is 0.439. The van der Waals surface area contributed by atoms with Crippen molar-refractivity contribution in [2.75, 3.05) is 11.9 Å². The van der Waals surface area contributed by atoms with Gasteiger partial charge in [0.25, 0.3) is 0 Å². The quantitative estimate of drug-likeness (QED) is 0.552. The number of benzene rings is 2. The second kappa shape index (κ2) is 7.96. The van der Waals surface area contributed by atoms with Gasteiger partial charge in [0.1, 0.15) is 9.92 Å². The molecule has 5 rings (SSSR count). The summed E-state index contributed by atoms with van der Waals surface area (Å²) in [6.07, 6.45) is 7.41. The van der Waals surface area contributed by atoms with Gasteiger partial charge in [0.2, 0.25) is 6.35 Å². The van der Waals surface area contributed by atoms with Gasteiger partial charge in [-0.1, -0.05) is 18.2 Å². The van der Waals surface area contributed by atoms with Crippen molar-refractivity contribution in [2.45, 2.75) is 68.7 Å². The van der Waals surface area contributed by atoms with E-state index in [1.807, 2.05) is 12.1 Å². The average molecular weight is 427 g/mol. The monoisotopic (exact) mass is 426 g/mol. The van der Waals surface area contributed by atoms with Gasteiger partial charge >= 0.3 is 0 Å². The molecule has 160 valence electrons. The molecule has 0 radical (unpaired) electrons. The van der Waals surface area contributed by atoms with Crippen molar-refractivity contribution in [2.24, 2.45) is 9.50 Å². The first-order valence-electron chi connectivity index (χ1n) is 11.0. The maximum Gasteiger partial charge on any atom is 0.233 e. The van der Waals surface area contributed by atoms with E-state index in [2.05, 4.69) is 21.1 Å². The Kier molecular flexibility index (Phi) is 5.31. The smallest absolute Gasteiger partial charge is 0.233 e. The predicted octanol–water partition coefficient (Wildman–Crippen LogP) is 3.18. The molecule has 7 heteroatoms. The van der Waals surface area contributed by atoms with E-state index >= 15 is 0 Å². The van der Waals surface area contributed by atoms with Crippen LogP contribution in [0.3, 0.4) is 0 Å². The van der Waals surface area contributed by atoms with Gasteiger partial charge in [0.15, 0.2) is 0 Å². The number of rotatable bonds is 5. The number of nitrogens with zero attached hydrogens (tertiary/aromatic N) is 1.